The summed E-state index contributed by atoms with van der Waals surface area (Å²) in [5, 5.41) is 0. The minimum atomic E-state index is 0.0605. The average molecular weight is 277 g/mol. The van der Waals surface area contributed by atoms with E-state index in [1.807, 2.05) is 36.1 Å². The maximum atomic E-state index is 12.3. The van der Waals surface area contributed by atoms with Crippen LogP contribution in [0.25, 0.3) is 0 Å². The molecule has 1 aromatic carbocycles. The quantitative estimate of drug-likeness (QED) is 0.802. The monoisotopic (exact) mass is 277 g/mol. The zero-order valence-corrected chi connectivity index (χ0v) is 12.3. The maximum Gasteiger partial charge on any atom is 0.260 e. The first-order chi connectivity index (χ1) is 9.76. The third-order valence-electron chi connectivity index (χ3n) is 3.85. The second-order valence-electron chi connectivity index (χ2n) is 5.06. The lowest BCUT2D eigenvalue weighted by atomic mass is 10.2. The van der Waals surface area contributed by atoms with Crippen molar-refractivity contribution < 1.29 is 14.3 Å². The van der Waals surface area contributed by atoms with E-state index in [-0.39, 0.29) is 12.5 Å². The topological polar surface area (TPSA) is 38.8 Å². The fourth-order valence-corrected chi connectivity index (χ4v) is 2.81. The van der Waals surface area contributed by atoms with Crippen molar-refractivity contribution in [2.45, 2.75) is 38.6 Å². The molecule has 0 aliphatic heterocycles. The van der Waals surface area contributed by atoms with Crippen LogP contribution in [0.2, 0.25) is 0 Å². The largest absolute Gasteiger partial charge is 0.493 e. The van der Waals surface area contributed by atoms with Gasteiger partial charge in [0.2, 0.25) is 0 Å². The summed E-state index contributed by atoms with van der Waals surface area (Å²) in [5.74, 6) is 1.33. The molecule has 4 heteroatoms. The Morgan fingerprint density at radius 2 is 1.90 bits per heavy atom. The minimum Gasteiger partial charge on any atom is -0.493 e. The van der Waals surface area contributed by atoms with E-state index in [0.717, 1.165) is 19.4 Å². The van der Waals surface area contributed by atoms with Crippen LogP contribution in [0.1, 0.15) is 32.6 Å². The summed E-state index contributed by atoms with van der Waals surface area (Å²) >= 11 is 0. The van der Waals surface area contributed by atoms with Crippen molar-refractivity contribution in [2.24, 2.45) is 0 Å². The molecule has 1 amide bonds. The van der Waals surface area contributed by atoms with Gasteiger partial charge in [-0.1, -0.05) is 25.0 Å². The molecule has 0 saturated heterocycles. The number of carbonyl (C=O) groups is 1. The summed E-state index contributed by atoms with van der Waals surface area (Å²) < 4.78 is 10.8. The number of carbonyl (C=O) groups excluding carboxylic acids is 1. The first-order valence-electron chi connectivity index (χ1n) is 7.31. The molecule has 0 heterocycles. The van der Waals surface area contributed by atoms with E-state index in [9.17, 15) is 4.79 Å². The number of rotatable bonds is 6. The van der Waals surface area contributed by atoms with E-state index >= 15 is 0 Å². The summed E-state index contributed by atoms with van der Waals surface area (Å²) in [7, 11) is 1.60. The third-order valence-corrected chi connectivity index (χ3v) is 3.85. The van der Waals surface area contributed by atoms with E-state index in [0.29, 0.717) is 17.5 Å². The van der Waals surface area contributed by atoms with Gasteiger partial charge in [-0.2, -0.15) is 0 Å². The summed E-state index contributed by atoms with van der Waals surface area (Å²) in [6, 6.07) is 7.79. The molecule has 110 valence electrons. The summed E-state index contributed by atoms with van der Waals surface area (Å²) in [4.78, 5) is 14.2. The molecule has 0 N–H and O–H groups in total. The first kappa shape index (κ1) is 14.7. The van der Waals surface area contributed by atoms with Crippen LogP contribution in [-0.2, 0) is 4.79 Å². The highest BCUT2D eigenvalue weighted by molar-refractivity contribution is 5.78. The second kappa shape index (κ2) is 7.17. The second-order valence-corrected chi connectivity index (χ2v) is 5.06. The van der Waals surface area contributed by atoms with Crippen molar-refractivity contribution in [3.8, 4) is 11.5 Å². The molecule has 1 aliphatic rings. The van der Waals surface area contributed by atoms with Gasteiger partial charge < -0.3 is 14.4 Å². The smallest absolute Gasteiger partial charge is 0.260 e. The predicted octanol–water partition coefficient (Wildman–Crippen LogP) is 2.87. The molecular formula is C16H23NO3. The van der Waals surface area contributed by atoms with Crippen molar-refractivity contribution in [3.63, 3.8) is 0 Å². The Balaban J connectivity index is 1.93. The van der Waals surface area contributed by atoms with Crippen molar-refractivity contribution >= 4 is 5.91 Å². The normalized spacial score (nSPS) is 15.1. The van der Waals surface area contributed by atoms with E-state index in [4.69, 9.17) is 9.47 Å². The van der Waals surface area contributed by atoms with Crippen LogP contribution in [0.3, 0.4) is 0 Å². The maximum absolute atomic E-state index is 12.3. The number of para-hydroxylation sites is 2. The van der Waals surface area contributed by atoms with Gasteiger partial charge in [-0.3, -0.25) is 4.79 Å². The fraction of sp³-hybridized carbons (Fsp3) is 0.562. The van der Waals surface area contributed by atoms with Gasteiger partial charge in [-0.25, -0.2) is 0 Å². The molecule has 20 heavy (non-hydrogen) atoms. The average Bonchev–Trinajstić information content (AvgIpc) is 3.00. The van der Waals surface area contributed by atoms with Gasteiger partial charge in [0.15, 0.2) is 18.1 Å². The molecule has 4 nitrogen and oxygen atoms in total. The zero-order valence-electron chi connectivity index (χ0n) is 12.3. The van der Waals surface area contributed by atoms with Crippen LogP contribution >= 0.6 is 0 Å². The Morgan fingerprint density at radius 1 is 1.25 bits per heavy atom. The predicted molar refractivity (Wildman–Crippen MR) is 78.1 cm³/mol. The van der Waals surface area contributed by atoms with Crippen LogP contribution in [0.5, 0.6) is 11.5 Å². The minimum absolute atomic E-state index is 0.0605. The van der Waals surface area contributed by atoms with Crippen molar-refractivity contribution in [3.05, 3.63) is 24.3 Å². The van der Waals surface area contributed by atoms with Gasteiger partial charge in [0, 0.05) is 12.6 Å². The number of hydrogen-bond donors (Lipinski definition) is 0. The van der Waals surface area contributed by atoms with Crippen LogP contribution in [-0.4, -0.2) is 37.1 Å². The highest BCUT2D eigenvalue weighted by Gasteiger charge is 2.25. The number of methoxy groups -OCH3 is 1. The summed E-state index contributed by atoms with van der Waals surface area (Å²) in [6.07, 6.45) is 4.69. The van der Waals surface area contributed by atoms with Gasteiger partial charge in [-0.05, 0) is 31.9 Å². The highest BCUT2D eigenvalue weighted by atomic mass is 16.5. The lowest BCUT2D eigenvalue weighted by Crippen LogP contribution is -2.41. The van der Waals surface area contributed by atoms with Crippen LogP contribution in [0.15, 0.2) is 24.3 Å². The van der Waals surface area contributed by atoms with Gasteiger partial charge in [0.25, 0.3) is 5.91 Å². The number of nitrogens with zero attached hydrogens (tertiary/aromatic N) is 1. The molecule has 0 radical (unpaired) electrons. The van der Waals surface area contributed by atoms with Gasteiger partial charge >= 0.3 is 0 Å². The molecular weight excluding hydrogens is 254 g/mol. The number of ether oxygens (including phenoxy) is 2. The van der Waals surface area contributed by atoms with E-state index in [2.05, 4.69) is 0 Å². The first-order valence-corrected chi connectivity index (χ1v) is 7.31. The molecule has 1 aliphatic carbocycles. The molecule has 0 atom stereocenters. The van der Waals surface area contributed by atoms with E-state index < -0.39 is 0 Å². The van der Waals surface area contributed by atoms with Gasteiger partial charge in [0.1, 0.15) is 0 Å². The highest BCUT2D eigenvalue weighted by Crippen LogP contribution is 2.26. The molecule has 1 saturated carbocycles. The van der Waals surface area contributed by atoms with Gasteiger partial charge in [-0.15, -0.1) is 0 Å². The van der Waals surface area contributed by atoms with Crippen molar-refractivity contribution in [1.29, 1.82) is 0 Å². The van der Waals surface area contributed by atoms with Crippen LogP contribution < -0.4 is 9.47 Å². The third kappa shape index (κ3) is 3.44. The van der Waals surface area contributed by atoms with E-state index in [1.165, 1.54) is 12.8 Å². The Kier molecular flexibility index (Phi) is 5.27. The lowest BCUT2D eigenvalue weighted by Gasteiger charge is -2.27. The molecule has 0 unspecified atom stereocenters. The number of amides is 1. The van der Waals surface area contributed by atoms with Crippen LogP contribution in [0.4, 0.5) is 0 Å². The number of likely N-dealkylation sites (N-methyl/N-ethyl adjacent to an activating group) is 1. The Morgan fingerprint density at radius 3 is 2.50 bits per heavy atom. The van der Waals surface area contributed by atoms with Crippen molar-refractivity contribution in [2.75, 3.05) is 20.3 Å². The number of benzene rings is 1. The molecule has 0 aromatic heterocycles. The van der Waals surface area contributed by atoms with E-state index in [1.54, 1.807) is 7.11 Å². The van der Waals surface area contributed by atoms with Crippen LogP contribution in [0, 0.1) is 0 Å². The number of hydrogen-bond acceptors (Lipinski definition) is 3. The Labute approximate surface area is 120 Å². The molecule has 1 aromatic rings. The Hall–Kier alpha value is -1.71. The molecule has 0 spiro atoms. The lowest BCUT2D eigenvalue weighted by molar-refractivity contribution is -0.135. The van der Waals surface area contributed by atoms with Crippen molar-refractivity contribution in [1.82, 2.24) is 4.90 Å². The fourth-order valence-electron chi connectivity index (χ4n) is 2.81. The molecule has 2 rings (SSSR count). The molecule has 0 bridgehead atoms. The van der Waals surface area contributed by atoms with Gasteiger partial charge in [0.05, 0.1) is 7.11 Å². The standard InChI is InChI=1S/C16H23NO3/c1-3-17(13-8-4-5-9-13)16(18)12-20-15-11-7-6-10-14(15)19-2/h6-7,10-11,13H,3-5,8-9,12H2,1-2H3. The Bertz CT molecular complexity index is 441. The summed E-state index contributed by atoms with van der Waals surface area (Å²) in [6.45, 7) is 2.85. The zero-order chi connectivity index (χ0) is 14.4. The summed E-state index contributed by atoms with van der Waals surface area (Å²) in [5.41, 5.74) is 0. The SMILES string of the molecule is CCN(C(=O)COc1ccccc1OC)C1CCCC1. The molecule has 1 fully saturated rings.